The highest BCUT2D eigenvalue weighted by Gasteiger charge is 2.37. The standard InChI is InChI=1S/C12H17NO/c1-8-4-10(3)11(5-9(8)2)12(13)6-14-7-12/h4-5H,6-7,13H2,1-3H3. The van der Waals surface area contributed by atoms with Gasteiger partial charge in [0.05, 0.1) is 18.8 Å². The molecule has 1 saturated heterocycles. The van der Waals surface area contributed by atoms with E-state index in [1.807, 2.05) is 0 Å². The van der Waals surface area contributed by atoms with E-state index in [-0.39, 0.29) is 5.54 Å². The number of benzene rings is 1. The molecule has 0 aliphatic carbocycles. The van der Waals surface area contributed by atoms with Crippen molar-refractivity contribution in [2.24, 2.45) is 5.73 Å². The normalized spacial score (nSPS) is 19.1. The van der Waals surface area contributed by atoms with Gasteiger partial charge in [-0.2, -0.15) is 0 Å². The lowest BCUT2D eigenvalue weighted by Crippen LogP contribution is -2.54. The van der Waals surface area contributed by atoms with Gasteiger partial charge in [0.2, 0.25) is 0 Å². The van der Waals surface area contributed by atoms with Gasteiger partial charge in [-0.15, -0.1) is 0 Å². The molecule has 76 valence electrons. The summed E-state index contributed by atoms with van der Waals surface area (Å²) in [5.41, 5.74) is 11.1. The molecule has 1 aromatic carbocycles. The first-order valence-electron chi connectivity index (χ1n) is 4.98. The molecule has 2 nitrogen and oxygen atoms in total. The van der Waals surface area contributed by atoms with Crippen molar-refractivity contribution in [2.45, 2.75) is 26.3 Å². The van der Waals surface area contributed by atoms with Crippen LogP contribution in [0.25, 0.3) is 0 Å². The summed E-state index contributed by atoms with van der Waals surface area (Å²) in [5.74, 6) is 0. The Labute approximate surface area is 85.1 Å². The second kappa shape index (κ2) is 3.07. The summed E-state index contributed by atoms with van der Waals surface area (Å²) in [6.07, 6.45) is 0. The molecule has 2 heteroatoms. The maximum Gasteiger partial charge on any atom is 0.0886 e. The van der Waals surface area contributed by atoms with Gasteiger partial charge in [-0.1, -0.05) is 12.1 Å². The van der Waals surface area contributed by atoms with E-state index in [0.717, 1.165) is 0 Å². The Bertz CT molecular complexity index is 367. The van der Waals surface area contributed by atoms with Crippen molar-refractivity contribution >= 4 is 0 Å². The third-order valence-corrected chi connectivity index (χ3v) is 3.10. The Balaban J connectivity index is 2.48. The molecule has 2 rings (SSSR count). The Morgan fingerprint density at radius 2 is 1.64 bits per heavy atom. The predicted octanol–water partition coefficient (Wildman–Crippen LogP) is 1.80. The molecular weight excluding hydrogens is 174 g/mol. The van der Waals surface area contributed by atoms with Crippen molar-refractivity contribution in [3.05, 3.63) is 34.4 Å². The Kier molecular flexibility index (Phi) is 2.13. The molecule has 0 bridgehead atoms. The van der Waals surface area contributed by atoms with Crippen molar-refractivity contribution in [3.8, 4) is 0 Å². The SMILES string of the molecule is Cc1cc(C)c(C2(N)COC2)cc1C. The highest BCUT2D eigenvalue weighted by Crippen LogP contribution is 2.30. The lowest BCUT2D eigenvalue weighted by molar-refractivity contribution is -0.0572. The fourth-order valence-electron chi connectivity index (χ4n) is 1.97. The zero-order valence-electron chi connectivity index (χ0n) is 9.05. The van der Waals surface area contributed by atoms with E-state index in [0.29, 0.717) is 13.2 Å². The van der Waals surface area contributed by atoms with Crippen molar-refractivity contribution < 1.29 is 4.74 Å². The van der Waals surface area contributed by atoms with E-state index in [9.17, 15) is 0 Å². The fraction of sp³-hybridized carbons (Fsp3) is 0.500. The Hall–Kier alpha value is -0.860. The second-order valence-electron chi connectivity index (χ2n) is 4.40. The van der Waals surface area contributed by atoms with Gasteiger partial charge in [0.1, 0.15) is 0 Å². The van der Waals surface area contributed by atoms with Crippen LogP contribution in [0, 0.1) is 20.8 Å². The number of ether oxygens (including phenoxy) is 1. The number of hydrogen-bond donors (Lipinski definition) is 1. The maximum absolute atomic E-state index is 6.22. The lowest BCUT2D eigenvalue weighted by atomic mass is 9.84. The quantitative estimate of drug-likeness (QED) is 0.734. The van der Waals surface area contributed by atoms with E-state index in [2.05, 4.69) is 32.9 Å². The van der Waals surface area contributed by atoms with Crippen LogP contribution < -0.4 is 5.73 Å². The van der Waals surface area contributed by atoms with Gasteiger partial charge in [0, 0.05) is 0 Å². The minimum absolute atomic E-state index is 0.234. The zero-order valence-corrected chi connectivity index (χ0v) is 9.05. The van der Waals surface area contributed by atoms with E-state index < -0.39 is 0 Å². The topological polar surface area (TPSA) is 35.2 Å². The maximum atomic E-state index is 6.22. The van der Waals surface area contributed by atoms with Crippen molar-refractivity contribution in [2.75, 3.05) is 13.2 Å². The molecule has 0 spiro atoms. The zero-order chi connectivity index (χ0) is 10.3. The van der Waals surface area contributed by atoms with Gasteiger partial charge in [0.15, 0.2) is 0 Å². The van der Waals surface area contributed by atoms with Gasteiger partial charge in [-0.05, 0) is 43.0 Å². The summed E-state index contributed by atoms with van der Waals surface area (Å²) in [7, 11) is 0. The van der Waals surface area contributed by atoms with Crippen LogP contribution in [0.5, 0.6) is 0 Å². The van der Waals surface area contributed by atoms with Crippen LogP contribution in [0.3, 0.4) is 0 Å². The van der Waals surface area contributed by atoms with Crippen LogP contribution in [0.2, 0.25) is 0 Å². The molecular formula is C12H17NO. The molecule has 14 heavy (non-hydrogen) atoms. The van der Waals surface area contributed by atoms with E-state index in [1.165, 1.54) is 22.3 Å². The van der Waals surface area contributed by atoms with Crippen LogP contribution in [0.1, 0.15) is 22.3 Å². The van der Waals surface area contributed by atoms with Gasteiger partial charge < -0.3 is 10.5 Å². The van der Waals surface area contributed by atoms with Crippen molar-refractivity contribution in [1.82, 2.24) is 0 Å². The van der Waals surface area contributed by atoms with Gasteiger partial charge in [-0.3, -0.25) is 0 Å². The highest BCUT2D eigenvalue weighted by atomic mass is 16.5. The molecule has 0 atom stereocenters. The molecule has 0 unspecified atom stereocenters. The molecule has 0 saturated carbocycles. The average molecular weight is 191 g/mol. The van der Waals surface area contributed by atoms with Crippen LogP contribution in [-0.2, 0) is 10.3 Å². The fourth-order valence-corrected chi connectivity index (χ4v) is 1.97. The highest BCUT2D eigenvalue weighted by molar-refractivity contribution is 5.41. The average Bonchev–Trinajstić information content (AvgIpc) is 2.07. The van der Waals surface area contributed by atoms with Crippen LogP contribution >= 0.6 is 0 Å². The van der Waals surface area contributed by atoms with Crippen molar-refractivity contribution in [1.29, 1.82) is 0 Å². The Morgan fingerprint density at radius 3 is 2.14 bits per heavy atom. The van der Waals surface area contributed by atoms with Crippen molar-refractivity contribution in [3.63, 3.8) is 0 Å². The van der Waals surface area contributed by atoms with Gasteiger partial charge in [-0.25, -0.2) is 0 Å². The van der Waals surface area contributed by atoms with E-state index in [1.54, 1.807) is 0 Å². The molecule has 0 radical (unpaired) electrons. The molecule has 1 aliphatic rings. The minimum Gasteiger partial charge on any atom is -0.377 e. The predicted molar refractivity (Wildman–Crippen MR) is 57.3 cm³/mol. The number of aryl methyl sites for hydroxylation is 3. The largest absolute Gasteiger partial charge is 0.377 e. The summed E-state index contributed by atoms with van der Waals surface area (Å²) < 4.78 is 5.19. The van der Waals surface area contributed by atoms with Crippen LogP contribution in [-0.4, -0.2) is 13.2 Å². The third-order valence-electron chi connectivity index (χ3n) is 3.10. The molecule has 1 aliphatic heterocycles. The minimum atomic E-state index is -0.234. The van der Waals surface area contributed by atoms with Crippen LogP contribution in [0.15, 0.2) is 12.1 Å². The summed E-state index contributed by atoms with van der Waals surface area (Å²) in [6, 6.07) is 4.41. The summed E-state index contributed by atoms with van der Waals surface area (Å²) in [4.78, 5) is 0. The molecule has 1 heterocycles. The molecule has 1 aromatic rings. The molecule has 0 aromatic heterocycles. The summed E-state index contributed by atoms with van der Waals surface area (Å²) >= 11 is 0. The smallest absolute Gasteiger partial charge is 0.0886 e. The lowest BCUT2D eigenvalue weighted by Gasteiger charge is -2.39. The summed E-state index contributed by atoms with van der Waals surface area (Å²) in [6.45, 7) is 7.68. The first kappa shape index (κ1) is 9.69. The van der Waals surface area contributed by atoms with Gasteiger partial charge >= 0.3 is 0 Å². The van der Waals surface area contributed by atoms with E-state index >= 15 is 0 Å². The van der Waals surface area contributed by atoms with Crippen LogP contribution in [0.4, 0.5) is 0 Å². The first-order chi connectivity index (χ1) is 6.53. The number of nitrogens with two attached hydrogens (primary N) is 1. The second-order valence-corrected chi connectivity index (χ2v) is 4.40. The molecule has 0 amide bonds. The monoisotopic (exact) mass is 191 g/mol. The van der Waals surface area contributed by atoms with Gasteiger partial charge in [0.25, 0.3) is 0 Å². The molecule has 1 fully saturated rings. The Morgan fingerprint density at radius 1 is 1.07 bits per heavy atom. The molecule has 2 N–H and O–H groups in total. The first-order valence-corrected chi connectivity index (χ1v) is 4.98. The summed E-state index contributed by atoms with van der Waals surface area (Å²) in [5, 5.41) is 0. The number of rotatable bonds is 1. The number of hydrogen-bond acceptors (Lipinski definition) is 2. The third kappa shape index (κ3) is 1.35. The van der Waals surface area contributed by atoms with E-state index in [4.69, 9.17) is 10.5 Å².